The van der Waals surface area contributed by atoms with Crippen LogP contribution in [0.25, 0.3) is 0 Å². The number of ether oxygens (including phenoxy) is 1. The Balaban J connectivity index is 1.43. The first kappa shape index (κ1) is 16.9. The standard InChI is InChI=1S/C18H21N3O4/c1-12(13-7-8-13)19-18(23)21-20-17(22)16-10-9-15(25-16)11-24-14-5-3-2-4-6-14/h2-6,9-10,12-13H,7-8,11H2,1H3,(H,20,22)(H2,19,21,23). The number of nitrogens with one attached hydrogen (secondary N) is 3. The van der Waals surface area contributed by atoms with Crippen molar-refractivity contribution in [2.75, 3.05) is 0 Å². The van der Waals surface area contributed by atoms with Crippen LogP contribution >= 0.6 is 0 Å². The molecule has 0 saturated heterocycles. The molecule has 1 aromatic carbocycles. The second kappa shape index (κ2) is 7.74. The van der Waals surface area contributed by atoms with Crippen LogP contribution in [0.1, 0.15) is 36.1 Å². The van der Waals surface area contributed by atoms with Gasteiger partial charge in [0, 0.05) is 6.04 Å². The number of amides is 3. The van der Waals surface area contributed by atoms with Gasteiger partial charge in [0.1, 0.15) is 18.1 Å². The average Bonchev–Trinajstić information content (AvgIpc) is 3.37. The van der Waals surface area contributed by atoms with Crippen molar-refractivity contribution in [3.63, 3.8) is 0 Å². The first-order valence-electron chi connectivity index (χ1n) is 8.25. The predicted octanol–water partition coefficient (Wildman–Crippen LogP) is 2.60. The molecule has 1 saturated carbocycles. The summed E-state index contributed by atoms with van der Waals surface area (Å²) in [5.74, 6) is 1.34. The minimum atomic E-state index is -0.528. The van der Waals surface area contributed by atoms with Gasteiger partial charge < -0.3 is 14.5 Å². The Bertz CT molecular complexity index is 725. The van der Waals surface area contributed by atoms with Gasteiger partial charge in [-0.1, -0.05) is 18.2 Å². The van der Waals surface area contributed by atoms with E-state index < -0.39 is 11.9 Å². The van der Waals surface area contributed by atoms with Crippen LogP contribution < -0.4 is 20.9 Å². The Labute approximate surface area is 145 Å². The van der Waals surface area contributed by atoms with Gasteiger partial charge in [0.2, 0.25) is 0 Å². The zero-order valence-electron chi connectivity index (χ0n) is 14.0. The number of carbonyl (C=O) groups is 2. The van der Waals surface area contributed by atoms with E-state index in [0.717, 1.165) is 12.8 Å². The Kier molecular flexibility index (Phi) is 5.23. The minimum Gasteiger partial charge on any atom is -0.486 e. The van der Waals surface area contributed by atoms with Gasteiger partial charge in [0.25, 0.3) is 0 Å². The van der Waals surface area contributed by atoms with Crippen LogP contribution in [-0.4, -0.2) is 18.0 Å². The maximum atomic E-state index is 12.0. The molecule has 0 bridgehead atoms. The van der Waals surface area contributed by atoms with E-state index in [9.17, 15) is 9.59 Å². The lowest BCUT2D eigenvalue weighted by atomic mass is 10.2. The quantitative estimate of drug-likeness (QED) is 0.703. The van der Waals surface area contributed by atoms with Gasteiger partial charge in [0.15, 0.2) is 5.76 Å². The van der Waals surface area contributed by atoms with Gasteiger partial charge in [-0.15, -0.1) is 0 Å². The van der Waals surface area contributed by atoms with E-state index >= 15 is 0 Å². The zero-order chi connectivity index (χ0) is 17.6. The molecule has 7 heteroatoms. The molecule has 2 aromatic rings. The van der Waals surface area contributed by atoms with Crippen LogP contribution in [0, 0.1) is 5.92 Å². The second-order valence-corrected chi connectivity index (χ2v) is 6.05. The lowest BCUT2D eigenvalue weighted by molar-refractivity contribution is 0.0904. The number of hydrazine groups is 1. The molecule has 0 aliphatic heterocycles. The number of carbonyl (C=O) groups excluding carboxylic acids is 2. The van der Waals surface area contributed by atoms with E-state index in [1.54, 1.807) is 6.07 Å². The molecule has 132 valence electrons. The summed E-state index contributed by atoms with van der Waals surface area (Å²) in [7, 11) is 0. The highest BCUT2D eigenvalue weighted by molar-refractivity contribution is 5.92. The average molecular weight is 343 g/mol. The molecule has 7 nitrogen and oxygen atoms in total. The van der Waals surface area contributed by atoms with Crippen molar-refractivity contribution in [3.05, 3.63) is 54.0 Å². The fraction of sp³-hybridized carbons (Fsp3) is 0.333. The van der Waals surface area contributed by atoms with E-state index in [1.807, 2.05) is 37.3 Å². The molecular weight excluding hydrogens is 322 g/mol. The van der Waals surface area contributed by atoms with Crippen LogP contribution in [0.5, 0.6) is 5.75 Å². The molecule has 0 spiro atoms. The third-order valence-corrected chi connectivity index (χ3v) is 3.99. The van der Waals surface area contributed by atoms with Crippen molar-refractivity contribution in [1.29, 1.82) is 0 Å². The maximum Gasteiger partial charge on any atom is 0.333 e. The summed E-state index contributed by atoms with van der Waals surface area (Å²) in [5.41, 5.74) is 4.64. The third kappa shape index (κ3) is 5.00. The SMILES string of the molecule is CC(NC(=O)NNC(=O)c1ccc(COc2ccccc2)o1)C1CC1. The number of hydrogen-bond donors (Lipinski definition) is 3. The van der Waals surface area contributed by atoms with E-state index in [1.165, 1.54) is 6.07 Å². The summed E-state index contributed by atoms with van der Waals surface area (Å²) in [5, 5.41) is 2.78. The monoisotopic (exact) mass is 343 g/mol. The number of hydrogen-bond acceptors (Lipinski definition) is 4. The number of benzene rings is 1. The Hall–Kier alpha value is -2.96. The van der Waals surface area contributed by atoms with Crippen molar-refractivity contribution in [2.45, 2.75) is 32.4 Å². The Morgan fingerprint density at radius 2 is 1.92 bits per heavy atom. The van der Waals surface area contributed by atoms with Gasteiger partial charge in [0.05, 0.1) is 0 Å². The molecule has 1 atom stereocenters. The van der Waals surface area contributed by atoms with Crippen molar-refractivity contribution < 1.29 is 18.7 Å². The number of urea groups is 1. The summed E-state index contributed by atoms with van der Waals surface area (Å²) < 4.78 is 11.0. The van der Waals surface area contributed by atoms with Crippen LogP contribution in [0.15, 0.2) is 46.9 Å². The van der Waals surface area contributed by atoms with Crippen LogP contribution in [-0.2, 0) is 6.61 Å². The highest BCUT2D eigenvalue weighted by atomic mass is 16.5. The van der Waals surface area contributed by atoms with Gasteiger partial charge in [-0.05, 0) is 49.9 Å². The zero-order valence-corrected chi connectivity index (χ0v) is 14.0. The summed E-state index contributed by atoms with van der Waals surface area (Å²) in [6.45, 7) is 2.16. The van der Waals surface area contributed by atoms with Gasteiger partial charge in [-0.25, -0.2) is 10.2 Å². The smallest absolute Gasteiger partial charge is 0.333 e. The van der Waals surface area contributed by atoms with E-state index in [2.05, 4.69) is 16.2 Å². The topological polar surface area (TPSA) is 92.6 Å². The molecule has 1 fully saturated rings. The summed E-state index contributed by atoms with van der Waals surface area (Å²) in [6.07, 6.45) is 2.27. The predicted molar refractivity (Wildman–Crippen MR) is 90.8 cm³/mol. The van der Waals surface area contributed by atoms with E-state index in [0.29, 0.717) is 17.4 Å². The first-order valence-corrected chi connectivity index (χ1v) is 8.25. The largest absolute Gasteiger partial charge is 0.486 e. The molecule has 3 rings (SSSR count). The van der Waals surface area contributed by atoms with E-state index in [-0.39, 0.29) is 18.4 Å². The van der Waals surface area contributed by atoms with Crippen molar-refractivity contribution >= 4 is 11.9 Å². The highest BCUT2D eigenvalue weighted by Gasteiger charge is 2.28. The number of para-hydroxylation sites is 1. The summed E-state index contributed by atoms with van der Waals surface area (Å²) in [6, 6.07) is 12.2. The normalized spacial score (nSPS) is 14.4. The van der Waals surface area contributed by atoms with Crippen LogP contribution in [0.4, 0.5) is 4.79 Å². The third-order valence-electron chi connectivity index (χ3n) is 3.99. The molecular formula is C18H21N3O4. The molecule has 3 N–H and O–H groups in total. The van der Waals surface area contributed by atoms with Gasteiger partial charge in [-0.3, -0.25) is 10.2 Å². The second-order valence-electron chi connectivity index (χ2n) is 6.05. The van der Waals surface area contributed by atoms with Crippen molar-refractivity contribution in [3.8, 4) is 5.75 Å². The minimum absolute atomic E-state index is 0.0993. The van der Waals surface area contributed by atoms with Crippen molar-refractivity contribution in [2.24, 2.45) is 5.92 Å². The number of furan rings is 1. The van der Waals surface area contributed by atoms with Crippen LogP contribution in [0.2, 0.25) is 0 Å². The van der Waals surface area contributed by atoms with Gasteiger partial charge >= 0.3 is 11.9 Å². The molecule has 1 aliphatic carbocycles. The lowest BCUT2D eigenvalue weighted by Crippen LogP contribution is -2.49. The molecule has 0 radical (unpaired) electrons. The Morgan fingerprint density at radius 3 is 2.64 bits per heavy atom. The molecule has 1 aromatic heterocycles. The molecule has 1 unspecified atom stereocenters. The Morgan fingerprint density at radius 1 is 1.16 bits per heavy atom. The first-order chi connectivity index (χ1) is 12.1. The van der Waals surface area contributed by atoms with Gasteiger partial charge in [-0.2, -0.15) is 0 Å². The molecule has 3 amide bonds. The fourth-order valence-corrected chi connectivity index (χ4v) is 2.38. The van der Waals surface area contributed by atoms with Crippen LogP contribution in [0.3, 0.4) is 0 Å². The molecule has 25 heavy (non-hydrogen) atoms. The fourth-order valence-electron chi connectivity index (χ4n) is 2.38. The summed E-state index contributed by atoms with van der Waals surface area (Å²) in [4.78, 5) is 23.7. The summed E-state index contributed by atoms with van der Waals surface area (Å²) >= 11 is 0. The molecule has 1 heterocycles. The lowest BCUT2D eigenvalue weighted by Gasteiger charge is -2.13. The van der Waals surface area contributed by atoms with Crippen molar-refractivity contribution in [1.82, 2.24) is 16.2 Å². The van der Waals surface area contributed by atoms with E-state index in [4.69, 9.17) is 9.15 Å². The molecule has 1 aliphatic rings. The number of rotatable bonds is 6. The maximum absolute atomic E-state index is 12.0. The highest BCUT2D eigenvalue weighted by Crippen LogP contribution is 2.32.